The van der Waals surface area contributed by atoms with Gasteiger partial charge in [-0.05, 0) is 18.6 Å². The van der Waals surface area contributed by atoms with Crippen LogP contribution >= 0.6 is 0 Å². The third-order valence-electron chi connectivity index (χ3n) is 2.71. The lowest BCUT2D eigenvalue weighted by atomic mass is 10.3. The number of rotatable bonds is 2. The Morgan fingerprint density at radius 3 is 3.20 bits per heavy atom. The summed E-state index contributed by atoms with van der Waals surface area (Å²) >= 11 is 0. The first-order valence-corrected chi connectivity index (χ1v) is 4.98. The topological polar surface area (TPSA) is 49.1 Å². The van der Waals surface area contributed by atoms with Crippen LogP contribution in [0, 0.1) is 11.3 Å². The Morgan fingerprint density at radius 2 is 2.53 bits per heavy atom. The van der Waals surface area contributed by atoms with Crippen LogP contribution in [-0.4, -0.2) is 31.3 Å². The minimum Gasteiger partial charge on any atom is -0.380 e. The fourth-order valence-corrected chi connectivity index (χ4v) is 1.88. The lowest BCUT2D eigenvalue weighted by molar-refractivity contribution is 0.121. The van der Waals surface area contributed by atoms with E-state index in [1.807, 2.05) is 12.1 Å². The molecule has 0 N–H and O–H groups in total. The molecule has 2 rings (SSSR count). The number of ether oxygens (including phenoxy) is 1. The van der Waals surface area contributed by atoms with E-state index in [0.717, 1.165) is 25.2 Å². The number of anilines is 1. The molecule has 78 valence electrons. The van der Waals surface area contributed by atoms with Crippen LogP contribution in [0.5, 0.6) is 0 Å². The Bertz CT molecular complexity index is 386. The van der Waals surface area contributed by atoms with Crippen molar-refractivity contribution in [1.82, 2.24) is 4.98 Å². The summed E-state index contributed by atoms with van der Waals surface area (Å²) in [5.41, 5.74) is 1.41. The summed E-state index contributed by atoms with van der Waals surface area (Å²) in [6, 6.07) is 5.90. The molecule has 1 fully saturated rings. The Balaban J connectivity index is 2.20. The quantitative estimate of drug-likeness (QED) is 0.724. The fourth-order valence-electron chi connectivity index (χ4n) is 1.88. The molecule has 0 spiro atoms. The van der Waals surface area contributed by atoms with Crippen molar-refractivity contribution in [2.75, 3.05) is 25.1 Å². The number of aromatic nitrogens is 1. The molecular weight excluding hydrogens is 190 g/mol. The van der Waals surface area contributed by atoms with Crippen molar-refractivity contribution in [1.29, 1.82) is 5.26 Å². The van der Waals surface area contributed by atoms with Gasteiger partial charge in [0.05, 0.1) is 11.8 Å². The number of nitriles is 1. The molecule has 15 heavy (non-hydrogen) atoms. The predicted molar refractivity (Wildman–Crippen MR) is 56.6 cm³/mol. The predicted octanol–water partition coefficient (Wildman–Crippen LogP) is 1.18. The Labute approximate surface area is 89.1 Å². The molecule has 0 amide bonds. The van der Waals surface area contributed by atoms with Crippen molar-refractivity contribution in [3.8, 4) is 6.07 Å². The van der Waals surface area contributed by atoms with E-state index in [0.29, 0.717) is 5.69 Å². The van der Waals surface area contributed by atoms with Gasteiger partial charge in [0.25, 0.3) is 0 Å². The van der Waals surface area contributed by atoms with Gasteiger partial charge in [0.1, 0.15) is 6.07 Å². The molecule has 1 aromatic rings. The van der Waals surface area contributed by atoms with E-state index in [-0.39, 0.29) is 6.10 Å². The average Bonchev–Trinajstić information content (AvgIpc) is 2.77. The molecule has 1 aliphatic rings. The lowest BCUT2D eigenvalue weighted by Gasteiger charge is -2.18. The summed E-state index contributed by atoms with van der Waals surface area (Å²) in [4.78, 5) is 6.20. The Hall–Kier alpha value is -1.60. The van der Waals surface area contributed by atoms with Crippen molar-refractivity contribution < 1.29 is 4.74 Å². The maximum Gasteiger partial charge on any atom is 0.163 e. The van der Waals surface area contributed by atoms with E-state index >= 15 is 0 Å². The summed E-state index contributed by atoms with van der Waals surface area (Å²) in [5.74, 6) is 0. The fraction of sp³-hybridized carbons (Fsp3) is 0.455. The zero-order valence-electron chi connectivity index (χ0n) is 8.68. The second kappa shape index (κ2) is 4.28. The molecule has 1 aromatic heterocycles. The molecule has 0 aliphatic carbocycles. The normalized spacial score (nSPS) is 20.3. The largest absolute Gasteiger partial charge is 0.380 e. The third-order valence-corrected chi connectivity index (χ3v) is 2.71. The Morgan fingerprint density at radius 1 is 1.67 bits per heavy atom. The van der Waals surface area contributed by atoms with Gasteiger partial charge < -0.3 is 9.64 Å². The van der Waals surface area contributed by atoms with Crippen molar-refractivity contribution >= 4 is 5.69 Å². The zero-order chi connectivity index (χ0) is 10.7. The highest BCUT2D eigenvalue weighted by Crippen LogP contribution is 2.23. The van der Waals surface area contributed by atoms with Crippen LogP contribution in [0.3, 0.4) is 0 Å². The van der Waals surface area contributed by atoms with Crippen molar-refractivity contribution in [2.45, 2.75) is 12.5 Å². The second-order valence-electron chi connectivity index (χ2n) is 3.58. The van der Waals surface area contributed by atoms with E-state index in [2.05, 4.69) is 16.0 Å². The molecule has 1 saturated heterocycles. The van der Waals surface area contributed by atoms with Gasteiger partial charge >= 0.3 is 0 Å². The van der Waals surface area contributed by atoms with Crippen LogP contribution in [0.2, 0.25) is 0 Å². The minimum absolute atomic E-state index is 0.275. The number of hydrogen-bond acceptors (Lipinski definition) is 4. The van der Waals surface area contributed by atoms with Gasteiger partial charge in [-0.25, -0.2) is 4.98 Å². The van der Waals surface area contributed by atoms with Gasteiger partial charge in [-0.1, -0.05) is 0 Å². The molecular formula is C11H13N3O. The van der Waals surface area contributed by atoms with Gasteiger partial charge in [-0.3, -0.25) is 0 Å². The molecule has 4 heteroatoms. The molecule has 4 nitrogen and oxygen atoms in total. The molecule has 2 heterocycles. The lowest BCUT2D eigenvalue weighted by Crippen LogP contribution is -2.23. The second-order valence-corrected chi connectivity index (χ2v) is 3.58. The van der Waals surface area contributed by atoms with Gasteiger partial charge in [-0.15, -0.1) is 0 Å². The van der Waals surface area contributed by atoms with Gasteiger partial charge in [0, 0.05) is 26.4 Å². The first-order chi connectivity index (χ1) is 7.35. The summed E-state index contributed by atoms with van der Waals surface area (Å²) in [6.45, 7) is 1.77. The van der Waals surface area contributed by atoms with Crippen molar-refractivity contribution in [3.05, 3.63) is 24.0 Å². The number of hydrogen-bond donors (Lipinski definition) is 0. The summed E-state index contributed by atoms with van der Waals surface area (Å²) in [5, 5.41) is 8.93. The van der Waals surface area contributed by atoms with Gasteiger partial charge in [-0.2, -0.15) is 5.26 Å². The molecule has 0 saturated carbocycles. The monoisotopic (exact) mass is 203 g/mol. The zero-order valence-corrected chi connectivity index (χ0v) is 8.68. The summed E-state index contributed by atoms with van der Waals surface area (Å²) in [7, 11) is 1.72. The van der Waals surface area contributed by atoms with E-state index in [9.17, 15) is 0 Å². The highest BCUT2D eigenvalue weighted by molar-refractivity contribution is 5.56. The maximum atomic E-state index is 8.93. The first kappa shape index (κ1) is 9.94. The van der Waals surface area contributed by atoms with E-state index < -0.39 is 0 Å². The smallest absolute Gasteiger partial charge is 0.163 e. The van der Waals surface area contributed by atoms with Crippen LogP contribution in [-0.2, 0) is 4.74 Å². The average molecular weight is 203 g/mol. The highest BCUT2D eigenvalue weighted by Gasteiger charge is 2.23. The van der Waals surface area contributed by atoms with Crippen LogP contribution in [0.15, 0.2) is 18.3 Å². The van der Waals surface area contributed by atoms with Crippen molar-refractivity contribution in [3.63, 3.8) is 0 Å². The number of methoxy groups -OCH3 is 1. The van der Waals surface area contributed by atoms with E-state index in [1.165, 1.54) is 0 Å². The van der Waals surface area contributed by atoms with Crippen LogP contribution in [0.1, 0.15) is 12.1 Å². The summed E-state index contributed by atoms with van der Waals surface area (Å²) in [6.07, 6.45) is 2.93. The van der Waals surface area contributed by atoms with Crippen LogP contribution in [0.25, 0.3) is 0 Å². The van der Waals surface area contributed by atoms with Crippen molar-refractivity contribution in [2.24, 2.45) is 0 Å². The van der Waals surface area contributed by atoms with Gasteiger partial charge in [0.15, 0.2) is 5.69 Å². The van der Waals surface area contributed by atoms with Gasteiger partial charge in [0.2, 0.25) is 0 Å². The molecule has 0 aromatic carbocycles. The first-order valence-electron chi connectivity index (χ1n) is 4.98. The maximum absolute atomic E-state index is 8.93. The molecule has 1 atom stereocenters. The van der Waals surface area contributed by atoms with E-state index in [4.69, 9.17) is 10.00 Å². The standard InChI is InChI=1S/C11H13N3O/c1-15-9-4-6-14(8-9)11-3-2-5-13-10(11)7-12/h2-3,5,9H,4,6,8H2,1H3/t9-/m0/s1. The molecule has 0 bridgehead atoms. The number of nitrogens with zero attached hydrogens (tertiary/aromatic N) is 3. The number of pyridine rings is 1. The van der Waals surface area contributed by atoms with Crippen LogP contribution < -0.4 is 4.90 Å². The SMILES string of the molecule is CO[C@H]1CCN(c2cccnc2C#N)C1. The molecule has 0 unspecified atom stereocenters. The van der Waals surface area contributed by atoms with E-state index in [1.54, 1.807) is 13.3 Å². The highest BCUT2D eigenvalue weighted by atomic mass is 16.5. The third kappa shape index (κ3) is 1.92. The van der Waals surface area contributed by atoms with Crippen LogP contribution in [0.4, 0.5) is 5.69 Å². The molecule has 1 aliphatic heterocycles. The molecule has 0 radical (unpaired) electrons. The Kier molecular flexibility index (Phi) is 2.84. The summed E-state index contributed by atoms with van der Waals surface area (Å²) < 4.78 is 5.29. The minimum atomic E-state index is 0.275.